The van der Waals surface area contributed by atoms with Crippen LogP contribution in [0, 0.1) is 10.1 Å². The van der Waals surface area contributed by atoms with Gasteiger partial charge in [0.05, 0.1) is 21.6 Å². The topological polar surface area (TPSA) is 112 Å². The number of hydrogen-bond acceptors (Lipinski definition) is 6. The molecule has 1 amide bonds. The summed E-state index contributed by atoms with van der Waals surface area (Å²) in [6.07, 6.45) is 0. The molecule has 0 aliphatic carbocycles. The van der Waals surface area contributed by atoms with E-state index in [-0.39, 0.29) is 16.3 Å². The van der Waals surface area contributed by atoms with Crippen molar-refractivity contribution < 1.29 is 23.7 Å². The Morgan fingerprint density at radius 1 is 1.25 bits per heavy atom. The molecule has 0 saturated heterocycles. The molecule has 0 saturated carbocycles. The van der Waals surface area contributed by atoms with Crippen LogP contribution in [0.15, 0.2) is 52.9 Å². The summed E-state index contributed by atoms with van der Waals surface area (Å²) in [7, 11) is 0. The summed E-state index contributed by atoms with van der Waals surface area (Å²) in [5, 5.41) is 14.2. The van der Waals surface area contributed by atoms with Gasteiger partial charge in [-0.1, -0.05) is 29.8 Å². The maximum absolute atomic E-state index is 12.1. The lowest BCUT2D eigenvalue weighted by Gasteiger charge is -2.12. The monoisotopic (exact) mass is 402 g/mol. The third-order valence-corrected chi connectivity index (χ3v) is 4.28. The molecule has 8 nitrogen and oxygen atoms in total. The van der Waals surface area contributed by atoms with Crippen molar-refractivity contribution in [3.05, 3.63) is 75.0 Å². The molecule has 2 aromatic carbocycles. The first-order chi connectivity index (χ1) is 13.3. The number of carbonyl (C=O) groups is 2. The van der Waals surface area contributed by atoms with E-state index in [1.165, 1.54) is 6.07 Å². The highest BCUT2D eigenvalue weighted by molar-refractivity contribution is 6.33. The molecule has 1 heterocycles. The fraction of sp³-hybridized carbons (Fsp3) is 0.158. The highest BCUT2D eigenvalue weighted by Gasteiger charge is 2.19. The number of esters is 1. The lowest BCUT2D eigenvalue weighted by molar-refractivity contribution is -0.384. The number of nitro benzene ring substituents is 1. The average Bonchev–Trinajstić information content (AvgIpc) is 3.10. The van der Waals surface area contributed by atoms with E-state index in [1.54, 1.807) is 6.92 Å². The number of nitro groups is 1. The van der Waals surface area contributed by atoms with Gasteiger partial charge in [0, 0.05) is 17.5 Å². The van der Waals surface area contributed by atoms with E-state index in [0.717, 1.165) is 17.5 Å². The molecule has 0 aliphatic heterocycles. The van der Waals surface area contributed by atoms with Crippen LogP contribution in [0.3, 0.4) is 0 Å². The Hall–Kier alpha value is -3.39. The SMILES string of the molecule is C[C@H](NC(=O)COC(=O)c1ccc([N+](=O)[O-])cc1Cl)c1cc2ccccc2o1. The third kappa shape index (κ3) is 4.29. The van der Waals surface area contributed by atoms with Crippen LogP contribution in [0.4, 0.5) is 5.69 Å². The lowest BCUT2D eigenvalue weighted by Crippen LogP contribution is -2.31. The van der Waals surface area contributed by atoms with Gasteiger partial charge in [0.1, 0.15) is 11.3 Å². The molecule has 3 aromatic rings. The molecule has 3 rings (SSSR count). The minimum absolute atomic E-state index is 0.0644. The largest absolute Gasteiger partial charge is 0.459 e. The van der Waals surface area contributed by atoms with Crippen LogP contribution in [0.1, 0.15) is 29.1 Å². The first kappa shape index (κ1) is 19.4. The van der Waals surface area contributed by atoms with E-state index in [9.17, 15) is 19.7 Å². The van der Waals surface area contributed by atoms with Gasteiger partial charge in [0.15, 0.2) is 6.61 Å². The smallest absolute Gasteiger partial charge is 0.340 e. The number of para-hydroxylation sites is 1. The Bertz CT molecular complexity index is 1030. The van der Waals surface area contributed by atoms with Crippen molar-refractivity contribution in [2.45, 2.75) is 13.0 Å². The normalized spacial score (nSPS) is 11.8. The van der Waals surface area contributed by atoms with Crippen molar-refractivity contribution in [3.8, 4) is 0 Å². The quantitative estimate of drug-likeness (QED) is 0.378. The Kier molecular flexibility index (Phi) is 5.60. The number of non-ortho nitro benzene ring substituents is 1. The van der Waals surface area contributed by atoms with Crippen LogP contribution in [0.25, 0.3) is 11.0 Å². The predicted octanol–water partition coefficient (Wildman–Crippen LogP) is 4.03. The Morgan fingerprint density at radius 2 is 2.00 bits per heavy atom. The first-order valence-electron chi connectivity index (χ1n) is 8.24. The summed E-state index contributed by atoms with van der Waals surface area (Å²) in [5.41, 5.74) is 0.391. The molecule has 1 atom stereocenters. The van der Waals surface area contributed by atoms with E-state index in [2.05, 4.69) is 5.32 Å². The number of rotatable bonds is 6. The van der Waals surface area contributed by atoms with Crippen LogP contribution >= 0.6 is 11.6 Å². The maximum Gasteiger partial charge on any atom is 0.340 e. The predicted molar refractivity (Wildman–Crippen MR) is 101 cm³/mol. The molecule has 28 heavy (non-hydrogen) atoms. The second-order valence-electron chi connectivity index (χ2n) is 5.97. The van der Waals surface area contributed by atoms with Gasteiger partial charge in [0.25, 0.3) is 11.6 Å². The number of halogens is 1. The second kappa shape index (κ2) is 8.10. The number of carbonyl (C=O) groups excluding carboxylic acids is 2. The summed E-state index contributed by atoms with van der Waals surface area (Å²) < 4.78 is 10.6. The zero-order valence-corrected chi connectivity index (χ0v) is 15.4. The molecule has 9 heteroatoms. The minimum Gasteiger partial charge on any atom is -0.459 e. The van der Waals surface area contributed by atoms with Crippen LogP contribution < -0.4 is 5.32 Å². The van der Waals surface area contributed by atoms with Gasteiger partial charge in [-0.2, -0.15) is 0 Å². The first-order valence-corrected chi connectivity index (χ1v) is 8.62. The molecule has 0 spiro atoms. The van der Waals surface area contributed by atoms with Crippen molar-refractivity contribution in [3.63, 3.8) is 0 Å². The van der Waals surface area contributed by atoms with Gasteiger partial charge in [-0.25, -0.2) is 4.79 Å². The molecular weight excluding hydrogens is 388 g/mol. The summed E-state index contributed by atoms with van der Waals surface area (Å²) in [5.74, 6) is -0.815. The molecule has 0 aliphatic rings. The molecule has 1 N–H and O–H groups in total. The number of hydrogen-bond donors (Lipinski definition) is 1. The van der Waals surface area contributed by atoms with Crippen LogP contribution in [-0.4, -0.2) is 23.4 Å². The zero-order valence-electron chi connectivity index (χ0n) is 14.7. The molecule has 0 bridgehead atoms. The Balaban J connectivity index is 1.57. The summed E-state index contributed by atoms with van der Waals surface area (Å²) in [6.45, 7) is 1.21. The van der Waals surface area contributed by atoms with E-state index in [0.29, 0.717) is 11.3 Å². The van der Waals surface area contributed by atoms with Crippen molar-refractivity contribution in [1.29, 1.82) is 0 Å². The average molecular weight is 403 g/mol. The van der Waals surface area contributed by atoms with Gasteiger partial charge in [-0.05, 0) is 25.1 Å². The van der Waals surface area contributed by atoms with Crippen molar-refractivity contribution in [2.24, 2.45) is 0 Å². The van der Waals surface area contributed by atoms with E-state index in [1.807, 2.05) is 30.3 Å². The van der Waals surface area contributed by atoms with Crippen molar-refractivity contribution >= 4 is 40.1 Å². The number of fused-ring (bicyclic) bond motifs is 1. The third-order valence-electron chi connectivity index (χ3n) is 3.97. The molecule has 0 fully saturated rings. The molecule has 144 valence electrons. The fourth-order valence-electron chi connectivity index (χ4n) is 2.56. The maximum atomic E-state index is 12.1. The van der Waals surface area contributed by atoms with E-state index in [4.69, 9.17) is 20.8 Å². The minimum atomic E-state index is -0.855. The number of nitrogens with zero attached hydrogens (tertiary/aromatic N) is 1. The molecule has 0 radical (unpaired) electrons. The number of ether oxygens (including phenoxy) is 1. The standard InChI is InChI=1S/C19H15ClN2O6/c1-11(17-8-12-4-2-3-5-16(12)28-17)21-18(23)10-27-19(24)14-7-6-13(22(25)26)9-15(14)20/h2-9,11H,10H2,1H3,(H,21,23)/t11-/m0/s1. The van der Waals surface area contributed by atoms with Gasteiger partial charge in [-0.15, -0.1) is 0 Å². The fourth-order valence-corrected chi connectivity index (χ4v) is 2.81. The second-order valence-corrected chi connectivity index (χ2v) is 6.38. The van der Waals surface area contributed by atoms with Crippen LogP contribution in [0.5, 0.6) is 0 Å². The van der Waals surface area contributed by atoms with Crippen LogP contribution in [-0.2, 0) is 9.53 Å². The van der Waals surface area contributed by atoms with Gasteiger partial charge >= 0.3 is 5.97 Å². The van der Waals surface area contributed by atoms with Gasteiger partial charge in [-0.3, -0.25) is 14.9 Å². The number of furan rings is 1. The number of amides is 1. The molecule has 1 aromatic heterocycles. The van der Waals surface area contributed by atoms with Gasteiger partial charge in [0.2, 0.25) is 0 Å². The highest BCUT2D eigenvalue weighted by atomic mass is 35.5. The zero-order chi connectivity index (χ0) is 20.3. The summed E-state index contributed by atoms with van der Waals surface area (Å²) >= 11 is 5.87. The Morgan fingerprint density at radius 3 is 2.68 bits per heavy atom. The number of nitrogens with one attached hydrogen (secondary N) is 1. The van der Waals surface area contributed by atoms with E-state index >= 15 is 0 Å². The van der Waals surface area contributed by atoms with Crippen LogP contribution in [0.2, 0.25) is 5.02 Å². The van der Waals surface area contributed by atoms with E-state index < -0.39 is 29.4 Å². The number of benzene rings is 2. The lowest BCUT2D eigenvalue weighted by atomic mass is 10.2. The van der Waals surface area contributed by atoms with Crippen molar-refractivity contribution in [2.75, 3.05) is 6.61 Å². The Labute approximate surface area is 164 Å². The molecular formula is C19H15ClN2O6. The van der Waals surface area contributed by atoms with Crippen molar-refractivity contribution in [1.82, 2.24) is 5.32 Å². The molecule has 0 unspecified atom stereocenters. The highest BCUT2D eigenvalue weighted by Crippen LogP contribution is 2.24. The van der Waals surface area contributed by atoms with Gasteiger partial charge < -0.3 is 14.5 Å². The summed E-state index contributed by atoms with van der Waals surface area (Å²) in [4.78, 5) is 34.2. The summed E-state index contributed by atoms with van der Waals surface area (Å²) in [6, 6.07) is 12.2.